The summed E-state index contributed by atoms with van der Waals surface area (Å²) in [4.78, 5) is 15.0. The number of halogens is 2. The predicted molar refractivity (Wildman–Crippen MR) is 130 cm³/mol. The number of carbonyl (C=O) groups excluding carboxylic acids is 1. The highest BCUT2D eigenvalue weighted by molar-refractivity contribution is 6.35. The van der Waals surface area contributed by atoms with E-state index in [2.05, 4.69) is 30.9 Å². The molecule has 0 amide bonds. The average molecular weight is 468 g/mol. The summed E-state index contributed by atoms with van der Waals surface area (Å²) in [5.41, 5.74) is 3.28. The maximum Gasteiger partial charge on any atom is 0.231 e. The molecule has 3 aromatic rings. The Kier molecular flexibility index (Phi) is 6.73. The summed E-state index contributed by atoms with van der Waals surface area (Å²) in [5, 5.41) is 1.09. The highest BCUT2D eigenvalue weighted by atomic mass is 35.5. The van der Waals surface area contributed by atoms with Gasteiger partial charge >= 0.3 is 0 Å². The van der Waals surface area contributed by atoms with Crippen LogP contribution in [0.25, 0.3) is 6.08 Å². The Morgan fingerprint density at radius 2 is 1.66 bits per heavy atom. The molecule has 0 aliphatic carbocycles. The van der Waals surface area contributed by atoms with Gasteiger partial charge in [0, 0.05) is 40.5 Å². The van der Waals surface area contributed by atoms with Gasteiger partial charge in [0.2, 0.25) is 5.78 Å². The smallest absolute Gasteiger partial charge is 0.231 e. The fourth-order valence-corrected chi connectivity index (χ4v) is 4.11. The van der Waals surface area contributed by atoms with Crippen LogP contribution in [0.5, 0.6) is 11.5 Å². The molecule has 32 heavy (non-hydrogen) atoms. The van der Waals surface area contributed by atoms with Gasteiger partial charge < -0.3 is 14.4 Å². The van der Waals surface area contributed by atoms with E-state index in [0.717, 1.165) is 24.3 Å². The molecule has 1 aliphatic rings. The molecule has 1 heterocycles. The molecule has 0 aromatic heterocycles. The molecule has 0 unspecified atom stereocenters. The van der Waals surface area contributed by atoms with Gasteiger partial charge in [-0.1, -0.05) is 41.4 Å². The van der Waals surface area contributed by atoms with Crippen molar-refractivity contribution in [1.29, 1.82) is 0 Å². The molecule has 0 saturated heterocycles. The van der Waals surface area contributed by atoms with Crippen molar-refractivity contribution in [2.45, 2.75) is 20.5 Å². The van der Waals surface area contributed by atoms with Crippen molar-refractivity contribution >= 4 is 40.7 Å². The van der Waals surface area contributed by atoms with E-state index in [0.29, 0.717) is 38.4 Å². The maximum atomic E-state index is 12.8. The first kappa shape index (κ1) is 22.3. The first-order chi connectivity index (χ1) is 15.5. The Bertz CT molecular complexity index is 1150. The number of hydrogen-bond donors (Lipinski definition) is 0. The minimum Gasteiger partial charge on any atom is -0.489 e. The molecule has 0 bridgehead atoms. The van der Waals surface area contributed by atoms with Crippen molar-refractivity contribution in [3.8, 4) is 11.5 Å². The van der Waals surface area contributed by atoms with Gasteiger partial charge in [-0.3, -0.25) is 4.79 Å². The summed E-state index contributed by atoms with van der Waals surface area (Å²) in [6, 6.07) is 18.6. The maximum absolute atomic E-state index is 12.8. The molecule has 0 spiro atoms. The van der Waals surface area contributed by atoms with E-state index in [1.165, 1.54) is 0 Å². The molecule has 0 fully saturated rings. The quantitative estimate of drug-likeness (QED) is 0.349. The molecule has 0 atom stereocenters. The standard InChI is InChI=1S/C26H23Cl2NO3/c1-3-29(4-2)18-10-8-17(9-11-18)14-25-26(30)20-13-12-19(15-24(20)32-25)31-16-21-22(27)6-5-7-23(21)28/h5-15H,3-4,16H2,1-2H3/b25-14-. The fraction of sp³-hybridized carbons (Fsp3) is 0.192. The third-order valence-electron chi connectivity index (χ3n) is 5.41. The van der Waals surface area contributed by atoms with E-state index in [1.807, 2.05) is 12.1 Å². The van der Waals surface area contributed by atoms with Gasteiger partial charge in [0.05, 0.1) is 5.56 Å². The monoisotopic (exact) mass is 467 g/mol. The van der Waals surface area contributed by atoms with Crippen molar-refractivity contribution in [2.75, 3.05) is 18.0 Å². The second-order valence-corrected chi connectivity index (χ2v) is 8.16. The van der Waals surface area contributed by atoms with Crippen molar-refractivity contribution in [3.63, 3.8) is 0 Å². The zero-order valence-electron chi connectivity index (χ0n) is 17.9. The Morgan fingerprint density at radius 3 is 2.31 bits per heavy atom. The summed E-state index contributed by atoms with van der Waals surface area (Å²) in [6.07, 6.45) is 1.76. The summed E-state index contributed by atoms with van der Waals surface area (Å²) < 4.78 is 11.7. The van der Waals surface area contributed by atoms with Crippen LogP contribution in [0.2, 0.25) is 10.0 Å². The number of anilines is 1. The number of ether oxygens (including phenoxy) is 2. The second kappa shape index (κ2) is 9.68. The minimum absolute atomic E-state index is 0.145. The SMILES string of the molecule is CCN(CC)c1ccc(/C=C2\Oc3cc(OCc4c(Cl)cccc4Cl)ccc3C2=O)cc1. The van der Waals surface area contributed by atoms with Gasteiger partial charge in [-0.15, -0.1) is 0 Å². The van der Waals surface area contributed by atoms with Crippen molar-refractivity contribution in [3.05, 3.63) is 93.2 Å². The lowest BCUT2D eigenvalue weighted by molar-refractivity contribution is 0.101. The third kappa shape index (κ3) is 4.62. The molecule has 4 rings (SSSR count). The van der Waals surface area contributed by atoms with Crippen LogP contribution in [0.1, 0.15) is 35.3 Å². The summed E-state index contributed by atoms with van der Waals surface area (Å²) in [6.45, 7) is 6.36. The van der Waals surface area contributed by atoms with Crippen LogP contribution >= 0.6 is 23.2 Å². The van der Waals surface area contributed by atoms with Crippen LogP contribution in [-0.2, 0) is 6.61 Å². The van der Waals surface area contributed by atoms with Gasteiger partial charge in [-0.2, -0.15) is 0 Å². The van der Waals surface area contributed by atoms with Gasteiger partial charge in [-0.25, -0.2) is 0 Å². The summed E-state index contributed by atoms with van der Waals surface area (Å²) >= 11 is 12.4. The van der Waals surface area contributed by atoms with E-state index in [9.17, 15) is 4.79 Å². The van der Waals surface area contributed by atoms with Crippen molar-refractivity contribution in [1.82, 2.24) is 0 Å². The van der Waals surface area contributed by atoms with Gasteiger partial charge in [0.25, 0.3) is 0 Å². The molecular formula is C26H23Cl2NO3. The third-order valence-corrected chi connectivity index (χ3v) is 6.11. The molecule has 1 aliphatic heterocycles. The van der Waals surface area contributed by atoms with Crippen molar-refractivity contribution < 1.29 is 14.3 Å². The number of carbonyl (C=O) groups is 1. The zero-order valence-corrected chi connectivity index (χ0v) is 19.4. The molecule has 3 aromatic carbocycles. The number of benzene rings is 3. The van der Waals surface area contributed by atoms with Gasteiger partial charge in [0.15, 0.2) is 5.76 Å². The van der Waals surface area contributed by atoms with Gasteiger partial charge in [-0.05, 0) is 61.9 Å². The molecule has 0 radical (unpaired) electrons. The van der Waals surface area contributed by atoms with E-state index in [4.69, 9.17) is 32.7 Å². The van der Waals surface area contributed by atoms with Crippen LogP contribution < -0.4 is 14.4 Å². The van der Waals surface area contributed by atoms with Crippen LogP contribution in [-0.4, -0.2) is 18.9 Å². The van der Waals surface area contributed by atoms with Gasteiger partial charge in [0.1, 0.15) is 18.1 Å². The average Bonchev–Trinajstić information content (AvgIpc) is 3.10. The Labute approximate surface area is 198 Å². The molecule has 6 heteroatoms. The topological polar surface area (TPSA) is 38.8 Å². The van der Waals surface area contributed by atoms with E-state index in [-0.39, 0.29) is 12.4 Å². The fourth-order valence-electron chi connectivity index (χ4n) is 3.60. The Hall–Kier alpha value is -2.95. The van der Waals surface area contributed by atoms with E-state index < -0.39 is 0 Å². The largest absolute Gasteiger partial charge is 0.489 e. The Morgan fingerprint density at radius 1 is 0.969 bits per heavy atom. The number of fused-ring (bicyclic) bond motifs is 1. The molecule has 164 valence electrons. The molecule has 0 N–H and O–H groups in total. The minimum atomic E-state index is -0.145. The van der Waals surface area contributed by atoms with Crippen LogP contribution in [0.3, 0.4) is 0 Å². The van der Waals surface area contributed by atoms with Crippen molar-refractivity contribution in [2.24, 2.45) is 0 Å². The number of ketones is 1. The molecule has 0 saturated carbocycles. The highest BCUT2D eigenvalue weighted by Gasteiger charge is 2.27. The van der Waals surface area contributed by atoms with E-state index in [1.54, 1.807) is 42.5 Å². The highest BCUT2D eigenvalue weighted by Crippen LogP contribution is 2.35. The second-order valence-electron chi connectivity index (χ2n) is 7.35. The molecule has 4 nitrogen and oxygen atoms in total. The number of nitrogens with zero attached hydrogens (tertiary/aromatic N) is 1. The lowest BCUT2D eigenvalue weighted by Crippen LogP contribution is -2.21. The number of hydrogen-bond acceptors (Lipinski definition) is 4. The Balaban J connectivity index is 1.49. The number of Topliss-reactive ketones (excluding diaryl/α,β-unsaturated/α-hetero) is 1. The number of rotatable bonds is 7. The normalized spacial score (nSPS) is 13.8. The number of allylic oxidation sites excluding steroid dienone is 1. The lowest BCUT2D eigenvalue weighted by atomic mass is 10.1. The molecular weight excluding hydrogens is 445 g/mol. The zero-order chi connectivity index (χ0) is 22.7. The lowest BCUT2D eigenvalue weighted by Gasteiger charge is -2.20. The predicted octanol–water partition coefficient (Wildman–Crippen LogP) is 7.03. The summed E-state index contributed by atoms with van der Waals surface area (Å²) in [7, 11) is 0. The first-order valence-corrected chi connectivity index (χ1v) is 11.2. The van der Waals surface area contributed by atoms with Crippen LogP contribution in [0, 0.1) is 0 Å². The van der Waals surface area contributed by atoms with Crippen LogP contribution in [0.15, 0.2) is 66.4 Å². The summed E-state index contributed by atoms with van der Waals surface area (Å²) in [5.74, 6) is 1.19. The van der Waals surface area contributed by atoms with E-state index >= 15 is 0 Å². The van der Waals surface area contributed by atoms with Crippen LogP contribution in [0.4, 0.5) is 5.69 Å². The first-order valence-electron chi connectivity index (χ1n) is 10.5.